The van der Waals surface area contributed by atoms with Gasteiger partial charge in [-0.3, -0.25) is 4.79 Å². The molecule has 0 unspecified atom stereocenters. The molecule has 1 N–H and O–H groups in total. The molecule has 212 valence electrons. The summed E-state index contributed by atoms with van der Waals surface area (Å²) >= 11 is 0. The van der Waals surface area contributed by atoms with Crippen LogP contribution in [0.1, 0.15) is 71.0 Å². The number of anilines is 2. The van der Waals surface area contributed by atoms with E-state index in [1.165, 1.54) is 24.3 Å². The second kappa shape index (κ2) is 10.7. The molecule has 0 atom stereocenters. The number of imidazole rings is 1. The van der Waals surface area contributed by atoms with Gasteiger partial charge in [-0.1, -0.05) is 0 Å². The van der Waals surface area contributed by atoms with Crippen molar-refractivity contribution in [3.05, 3.63) is 47.5 Å². The normalized spacial score (nSPS) is 17.3. The fraction of sp³-hybridized carbons (Fsp3) is 0.517. The summed E-state index contributed by atoms with van der Waals surface area (Å²) in [6.45, 7) is 12.4. The van der Waals surface area contributed by atoms with E-state index in [-0.39, 0.29) is 35.4 Å². The highest BCUT2D eigenvalue weighted by Crippen LogP contribution is 2.44. The van der Waals surface area contributed by atoms with Gasteiger partial charge in [0.15, 0.2) is 0 Å². The number of rotatable bonds is 8. The molecule has 0 aliphatic carbocycles. The third-order valence-electron chi connectivity index (χ3n) is 6.77. The first-order valence-corrected chi connectivity index (χ1v) is 13.1. The van der Waals surface area contributed by atoms with Crippen molar-refractivity contribution in [1.29, 1.82) is 0 Å². The standard InChI is InChI=1S/C29H36F3N3O4/c1-7-37-25(36)13-8-19-15-23-24(14-18(19)2)35(21-16-27(3,4)39-28(5,6)17-21)26(34-23)33-20-9-11-22(12-10-20)38-29(30,31)32/h9-12,14-15,21H,7-8,13,16-17H2,1-6H3,(H,33,34). The number of hydrogen-bond donors (Lipinski definition) is 1. The molecule has 2 aromatic carbocycles. The van der Waals surface area contributed by atoms with Crippen LogP contribution in [-0.4, -0.2) is 39.7 Å². The Morgan fingerprint density at radius 1 is 1.13 bits per heavy atom. The highest BCUT2D eigenvalue weighted by Gasteiger charge is 2.41. The summed E-state index contributed by atoms with van der Waals surface area (Å²) in [4.78, 5) is 16.9. The lowest BCUT2D eigenvalue weighted by atomic mass is 9.85. The van der Waals surface area contributed by atoms with Gasteiger partial charge in [0.05, 0.1) is 28.8 Å². The second-order valence-electron chi connectivity index (χ2n) is 11.3. The number of aromatic nitrogens is 2. The van der Waals surface area contributed by atoms with Gasteiger partial charge >= 0.3 is 12.3 Å². The molecule has 0 saturated carbocycles. The highest BCUT2D eigenvalue weighted by atomic mass is 19.4. The Hall–Kier alpha value is -3.27. The lowest BCUT2D eigenvalue weighted by Crippen LogP contribution is -2.45. The zero-order valence-electron chi connectivity index (χ0n) is 23.2. The van der Waals surface area contributed by atoms with Gasteiger partial charge in [-0.25, -0.2) is 4.98 Å². The van der Waals surface area contributed by atoms with E-state index in [4.69, 9.17) is 14.5 Å². The molecule has 4 rings (SSSR count). The first-order chi connectivity index (χ1) is 18.1. The summed E-state index contributed by atoms with van der Waals surface area (Å²) in [5, 5.41) is 3.31. The molecule has 0 radical (unpaired) electrons. The third kappa shape index (κ3) is 7.23. The smallest absolute Gasteiger partial charge is 0.466 e. The Labute approximate surface area is 226 Å². The van der Waals surface area contributed by atoms with Crippen molar-refractivity contribution in [1.82, 2.24) is 9.55 Å². The van der Waals surface area contributed by atoms with Crippen LogP contribution in [0.3, 0.4) is 0 Å². The maximum atomic E-state index is 12.6. The fourth-order valence-electron chi connectivity index (χ4n) is 5.58. The molecule has 3 aromatic rings. The minimum atomic E-state index is -4.76. The molecular weight excluding hydrogens is 511 g/mol. The molecule has 2 heterocycles. The zero-order chi connectivity index (χ0) is 28.6. The maximum Gasteiger partial charge on any atom is 0.573 e. The monoisotopic (exact) mass is 547 g/mol. The summed E-state index contributed by atoms with van der Waals surface area (Å²) in [6, 6.07) is 9.72. The molecule has 1 fully saturated rings. The maximum absolute atomic E-state index is 12.6. The largest absolute Gasteiger partial charge is 0.573 e. The van der Waals surface area contributed by atoms with Crippen molar-refractivity contribution in [2.45, 2.75) is 90.8 Å². The first-order valence-electron chi connectivity index (χ1n) is 13.1. The molecule has 1 aliphatic heterocycles. The Balaban J connectivity index is 1.73. The van der Waals surface area contributed by atoms with Crippen LogP contribution in [-0.2, 0) is 20.7 Å². The summed E-state index contributed by atoms with van der Waals surface area (Å²) in [5.74, 6) is 0.0424. The predicted molar refractivity (Wildman–Crippen MR) is 143 cm³/mol. The molecule has 10 heteroatoms. The number of carbonyl (C=O) groups excluding carboxylic acids is 1. The van der Waals surface area contributed by atoms with E-state index in [0.29, 0.717) is 24.7 Å². The Morgan fingerprint density at radius 2 is 1.77 bits per heavy atom. The number of nitrogens with one attached hydrogen (secondary N) is 1. The zero-order valence-corrected chi connectivity index (χ0v) is 23.2. The molecule has 39 heavy (non-hydrogen) atoms. The number of alkyl halides is 3. The fourth-order valence-corrected chi connectivity index (χ4v) is 5.58. The number of hydrogen-bond acceptors (Lipinski definition) is 6. The van der Waals surface area contributed by atoms with Gasteiger partial charge in [0.1, 0.15) is 5.75 Å². The molecule has 1 aliphatic rings. The van der Waals surface area contributed by atoms with Crippen LogP contribution in [0, 0.1) is 6.92 Å². The summed E-state index contributed by atoms with van der Waals surface area (Å²) in [6.07, 6.45) is -2.44. The molecule has 1 aromatic heterocycles. The summed E-state index contributed by atoms with van der Waals surface area (Å²) < 4.78 is 55.4. The Bertz CT molecular complexity index is 1310. The van der Waals surface area contributed by atoms with Crippen molar-refractivity contribution in [2.24, 2.45) is 0 Å². The molecular formula is C29H36F3N3O4. The van der Waals surface area contributed by atoms with Crippen LogP contribution < -0.4 is 10.1 Å². The molecule has 1 saturated heterocycles. The van der Waals surface area contributed by atoms with Crippen LogP contribution >= 0.6 is 0 Å². The second-order valence-corrected chi connectivity index (χ2v) is 11.3. The van der Waals surface area contributed by atoms with Gasteiger partial charge in [-0.15, -0.1) is 13.2 Å². The Morgan fingerprint density at radius 3 is 2.36 bits per heavy atom. The lowest BCUT2D eigenvalue weighted by Gasteiger charge is -2.46. The first kappa shape index (κ1) is 28.7. The van der Waals surface area contributed by atoms with E-state index in [1.807, 2.05) is 13.0 Å². The van der Waals surface area contributed by atoms with Gasteiger partial charge in [-0.2, -0.15) is 0 Å². The number of esters is 1. The number of fused-ring (bicyclic) bond motifs is 1. The van der Waals surface area contributed by atoms with Crippen molar-refractivity contribution >= 4 is 28.6 Å². The van der Waals surface area contributed by atoms with Gasteiger partial charge in [-0.05, 0) is 108 Å². The highest BCUT2D eigenvalue weighted by molar-refractivity contribution is 5.82. The number of carbonyl (C=O) groups is 1. The van der Waals surface area contributed by atoms with Gasteiger partial charge in [0.2, 0.25) is 5.95 Å². The number of ether oxygens (including phenoxy) is 3. The minimum Gasteiger partial charge on any atom is -0.466 e. The minimum absolute atomic E-state index is 0.0499. The molecule has 0 spiro atoms. The summed E-state index contributed by atoms with van der Waals surface area (Å²) in [7, 11) is 0. The van der Waals surface area contributed by atoms with Crippen molar-refractivity contribution < 1.29 is 32.2 Å². The van der Waals surface area contributed by atoms with E-state index in [1.54, 1.807) is 6.92 Å². The lowest BCUT2D eigenvalue weighted by molar-refractivity contribution is -0.274. The number of halogens is 3. The third-order valence-corrected chi connectivity index (χ3v) is 6.77. The van der Waals surface area contributed by atoms with E-state index >= 15 is 0 Å². The quantitative estimate of drug-likeness (QED) is 0.297. The number of nitrogens with zero attached hydrogens (tertiary/aromatic N) is 2. The van der Waals surface area contributed by atoms with E-state index in [9.17, 15) is 18.0 Å². The average molecular weight is 548 g/mol. The molecule has 7 nitrogen and oxygen atoms in total. The molecule has 0 amide bonds. The van der Waals surface area contributed by atoms with Crippen LogP contribution in [0.4, 0.5) is 24.8 Å². The van der Waals surface area contributed by atoms with E-state index in [2.05, 4.69) is 48.4 Å². The number of aryl methyl sites for hydroxylation is 2. The molecule has 0 bridgehead atoms. The van der Waals surface area contributed by atoms with Gasteiger partial charge in [0.25, 0.3) is 0 Å². The van der Waals surface area contributed by atoms with Crippen molar-refractivity contribution in [3.63, 3.8) is 0 Å². The van der Waals surface area contributed by atoms with Gasteiger partial charge < -0.3 is 24.1 Å². The van der Waals surface area contributed by atoms with Crippen LogP contribution in [0.5, 0.6) is 5.75 Å². The topological polar surface area (TPSA) is 74.6 Å². The van der Waals surface area contributed by atoms with E-state index in [0.717, 1.165) is 35.0 Å². The number of benzene rings is 2. The van der Waals surface area contributed by atoms with Crippen molar-refractivity contribution in [3.8, 4) is 5.75 Å². The summed E-state index contributed by atoms with van der Waals surface area (Å²) in [5.41, 5.74) is 3.58. The van der Waals surface area contributed by atoms with Crippen molar-refractivity contribution in [2.75, 3.05) is 11.9 Å². The van der Waals surface area contributed by atoms with Crippen LogP contribution in [0.25, 0.3) is 11.0 Å². The van der Waals surface area contributed by atoms with Gasteiger partial charge in [0, 0.05) is 18.2 Å². The van der Waals surface area contributed by atoms with Crippen LogP contribution in [0.2, 0.25) is 0 Å². The SMILES string of the molecule is CCOC(=O)CCc1cc2nc(Nc3ccc(OC(F)(F)F)cc3)n(C3CC(C)(C)OC(C)(C)C3)c2cc1C. The Kier molecular flexibility index (Phi) is 7.89. The van der Waals surface area contributed by atoms with Crippen LogP contribution in [0.15, 0.2) is 36.4 Å². The van der Waals surface area contributed by atoms with E-state index < -0.39 is 6.36 Å². The average Bonchev–Trinajstić information content (AvgIpc) is 3.12. The predicted octanol–water partition coefficient (Wildman–Crippen LogP) is 7.39.